The highest BCUT2D eigenvalue weighted by Crippen LogP contribution is 2.24. The molecule has 206 valence electrons. The van der Waals surface area contributed by atoms with Gasteiger partial charge in [0.25, 0.3) is 0 Å². The highest BCUT2D eigenvalue weighted by atomic mass is 16.5. The van der Waals surface area contributed by atoms with Crippen LogP contribution in [0.5, 0.6) is 5.75 Å². The molecule has 1 aliphatic heterocycles. The Labute approximate surface area is 230 Å². The lowest BCUT2D eigenvalue weighted by molar-refractivity contribution is 0.128. The van der Waals surface area contributed by atoms with E-state index < -0.39 is 6.03 Å². The summed E-state index contributed by atoms with van der Waals surface area (Å²) in [6.07, 6.45) is 4.05. The van der Waals surface area contributed by atoms with Gasteiger partial charge in [-0.25, -0.2) is 9.78 Å². The van der Waals surface area contributed by atoms with Gasteiger partial charge in [-0.1, -0.05) is 37.8 Å². The van der Waals surface area contributed by atoms with E-state index in [0.717, 1.165) is 36.5 Å². The maximum Gasteiger partial charge on any atom is 0.326 e. The molecule has 2 amide bonds. The topological polar surface area (TPSA) is 95.8 Å². The first-order valence-electron chi connectivity index (χ1n) is 13.3. The molecule has 1 aromatic carbocycles. The first-order chi connectivity index (χ1) is 18.7. The Morgan fingerprint density at radius 3 is 2.33 bits per heavy atom. The third kappa shape index (κ3) is 8.57. The van der Waals surface area contributed by atoms with Crippen LogP contribution in [0.4, 0.5) is 16.4 Å². The second-order valence-electron chi connectivity index (χ2n) is 11.0. The first-order valence-corrected chi connectivity index (χ1v) is 13.3. The predicted octanol–water partition coefficient (Wildman–Crippen LogP) is 4.82. The minimum Gasteiger partial charge on any atom is -0.492 e. The van der Waals surface area contributed by atoms with Gasteiger partial charge in [0.1, 0.15) is 23.9 Å². The molecule has 1 fully saturated rings. The van der Waals surface area contributed by atoms with Gasteiger partial charge in [0.2, 0.25) is 0 Å². The third-order valence-electron chi connectivity index (χ3n) is 6.67. The molecule has 0 atom stereocenters. The Morgan fingerprint density at radius 2 is 1.72 bits per heavy atom. The Balaban J connectivity index is 1.20. The van der Waals surface area contributed by atoms with Crippen LogP contribution in [-0.2, 0) is 5.41 Å². The van der Waals surface area contributed by atoms with Crippen LogP contribution in [0.2, 0.25) is 0 Å². The molecule has 1 aliphatic rings. The predicted molar refractivity (Wildman–Crippen MR) is 153 cm³/mol. The monoisotopic (exact) mass is 530 g/mol. The summed E-state index contributed by atoms with van der Waals surface area (Å²) in [6, 6.07) is 13.3. The molecule has 3 aromatic rings. The van der Waals surface area contributed by atoms with Gasteiger partial charge in [0.15, 0.2) is 5.82 Å². The van der Waals surface area contributed by atoms with E-state index in [1.807, 2.05) is 51.1 Å². The van der Waals surface area contributed by atoms with Crippen LogP contribution in [0.15, 0.2) is 53.2 Å². The van der Waals surface area contributed by atoms with E-state index in [1.165, 1.54) is 12.8 Å². The number of nitrogens with zero attached hydrogens (tertiary/aromatic N) is 4. The van der Waals surface area contributed by atoms with E-state index in [4.69, 9.17) is 9.26 Å². The van der Waals surface area contributed by atoms with Crippen molar-refractivity contribution in [1.82, 2.24) is 19.9 Å². The number of anilines is 2. The van der Waals surface area contributed by atoms with Crippen molar-refractivity contribution in [2.45, 2.75) is 45.1 Å². The number of benzene rings is 1. The Hall–Kier alpha value is -3.87. The largest absolute Gasteiger partial charge is 0.492 e. The molecule has 0 radical (unpaired) electrons. The van der Waals surface area contributed by atoms with E-state index >= 15 is 0 Å². The van der Waals surface area contributed by atoms with Gasteiger partial charge >= 0.3 is 6.03 Å². The number of pyridine rings is 1. The van der Waals surface area contributed by atoms with E-state index in [9.17, 15) is 4.79 Å². The van der Waals surface area contributed by atoms with E-state index in [1.54, 1.807) is 18.3 Å². The number of nitrogens with one attached hydrogen (secondary N) is 2. The van der Waals surface area contributed by atoms with Crippen molar-refractivity contribution in [2.24, 2.45) is 0 Å². The summed E-state index contributed by atoms with van der Waals surface area (Å²) in [5, 5.41) is 9.21. The molecule has 0 unspecified atom stereocenters. The van der Waals surface area contributed by atoms with Crippen molar-refractivity contribution in [2.75, 3.05) is 51.0 Å². The molecule has 2 aromatic heterocycles. The fourth-order valence-corrected chi connectivity index (χ4v) is 4.22. The number of likely N-dealkylation sites (tertiary alicyclic amines) is 1. The van der Waals surface area contributed by atoms with E-state index in [0.29, 0.717) is 30.0 Å². The highest BCUT2D eigenvalue weighted by molar-refractivity contribution is 5.98. The average molecular weight is 531 g/mol. The molecular weight excluding hydrogens is 492 g/mol. The number of piperidine rings is 1. The molecule has 3 heterocycles. The quantitative estimate of drug-likeness (QED) is 0.423. The molecular formula is C30H38N6O3. The summed E-state index contributed by atoms with van der Waals surface area (Å²) in [5.41, 5.74) is 1.43. The number of aromatic nitrogens is 2. The number of amides is 2. The molecule has 0 saturated carbocycles. The van der Waals surface area contributed by atoms with Crippen molar-refractivity contribution < 1.29 is 14.1 Å². The summed E-state index contributed by atoms with van der Waals surface area (Å²) in [5.74, 6) is 8.52. The number of hydrogen-bond acceptors (Lipinski definition) is 7. The van der Waals surface area contributed by atoms with Crippen molar-refractivity contribution in [3.05, 3.63) is 65.5 Å². The first kappa shape index (κ1) is 28.1. The summed E-state index contributed by atoms with van der Waals surface area (Å²) in [7, 11) is 4.32. The van der Waals surface area contributed by atoms with Crippen LogP contribution in [-0.4, -0.2) is 72.3 Å². The van der Waals surface area contributed by atoms with Crippen molar-refractivity contribution >= 4 is 17.7 Å². The summed E-state index contributed by atoms with van der Waals surface area (Å²) in [6.45, 7) is 9.90. The van der Waals surface area contributed by atoms with Gasteiger partial charge in [0, 0.05) is 41.4 Å². The second kappa shape index (κ2) is 12.8. The summed E-state index contributed by atoms with van der Waals surface area (Å²) >= 11 is 0. The zero-order chi connectivity index (χ0) is 27.8. The average Bonchev–Trinajstić information content (AvgIpc) is 3.38. The van der Waals surface area contributed by atoms with Crippen molar-refractivity contribution in [3.8, 4) is 17.6 Å². The van der Waals surface area contributed by atoms with Crippen LogP contribution >= 0.6 is 0 Å². The fourth-order valence-electron chi connectivity index (χ4n) is 4.22. The molecule has 9 heteroatoms. The van der Waals surface area contributed by atoms with E-state index in [2.05, 4.69) is 56.5 Å². The zero-order valence-electron chi connectivity index (χ0n) is 23.5. The van der Waals surface area contributed by atoms with Gasteiger partial charge in [-0.2, -0.15) is 0 Å². The van der Waals surface area contributed by atoms with Crippen LogP contribution in [0.1, 0.15) is 50.5 Å². The standard InChI is InChI=1S/C30H38N6O3/c1-30(2,3)26-20-28(34-39-26)33-29(37)32-27-13-10-23(21-31-27)7-6-22-8-11-25(12-9-22)38-19-18-36-16-14-24(15-17-36)35(4)5/h8-13,20-21,24H,14-19H2,1-5H3,(H2,31,32,33,34,37). The Bertz CT molecular complexity index is 1280. The molecule has 9 nitrogen and oxygen atoms in total. The van der Waals surface area contributed by atoms with Crippen molar-refractivity contribution in [1.29, 1.82) is 0 Å². The lowest BCUT2D eigenvalue weighted by Gasteiger charge is -2.35. The zero-order valence-corrected chi connectivity index (χ0v) is 23.5. The van der Waals surface area contributed by atoms with Gasteiger partial charge < -0.3 is 14.2 Å². The number of urea groups is 1. The van der Waals surface area contributed by atoms with Gasteiger partial charge in [-0.3, -0.25) is 15.5 Å². The van der Waals surface area contributed by atoms with Gasteiger partial charge in [0.05, 0.1) is 0 Å². The SMILES string of the molecule is CN(C)C1CCN(CCOc2ccc(C#Cc3ccc(NC(=O)Nc4cc(C(C)(C)C)on4)nc3)cc2)CC1. The van der Waals surface area contributed by atoms with Crippen LogP contribution < -0.4 is 15.4 Å². The fraction of sp³-hybridized carbons (Fsp3) is 0.433. The Morgan fingerprint density at radius 1 is 1.05 bits per heavy atom. The number of carbonyl (C=O) groups is 1. The smallest absolute Gasteiger partial charge is 0.326 e. The van der Waals surface area contributed by atoms with Crippen LogP contribution in [0.25, 0.3) is 0 Å². The molecule has 4 rings (SSSR count). The summed E-state index contributed by atoms with van der Waals surface area (Å²) in [4.78, 5) is 21.3. The van der Waals surface area contributed by atoms with Gasteiger partial charge in [-0.15, -0.1) is 0 Å². The lowest BCUT2D eigenvalue weighted by Crippen LogP contribution is -2.43. The number of carbonyl (C=O) groups excluding carboxylic acids is 1. The summed E-state index contributed by atoms with van der Waals surface area (Å²) < 4.78 is 11.2. The van der Waals surface area contributed by atoms with Gasteiger partial charge in [-0.05, 0) is 76.4 Å². The molecule has 0 aliphatic carbocycles. The number of hydrogen-bond donors (Lipinski definition) is 2. The van der Waals surface area contributed by atoms with Crippen LogP contribution in [0.3, 0.4) is 0 Å². The minimum absolute atomic E-state index is 0.193. The lowest BCUT2D eigenvalue weighted by atomic mass is 9.93. The number of rotatable bonds is 7. The highest BCUT2D eigenvalue weighted by Gasteiger charge is 2.21. The molecule has 0 bridgehead atoms. The Kier molecular flexibility index (Phi) is 9.23. The number of ether oxygens (including phenoxy) is 1. The molecule has 39 heavy (non-hydrogen) atoms. The molecule has 0 spiro atoms. The van der Waals surface area contributed by atoms with Crippen LogP contribution in [0, 0.1) is 11.8 Å². The molecule has 2 N–H and O–H groups in total. The van der Waals surface area contributed by atoms with E-state index in [-0.39, 0.29) is 5.41 Å². The normalized spacial score (nSPS) is 14.5. The maximum atomic E-state index is 12.3. The minimum atomic E-state index is -0.453. The maximum absolute atomic E-state index is 12.3. The molecule has 1 saturated heterocycles. The second-order valence-corrected chi connectivity index (χ2v) is 11.0. The third-order valence-corrected chi connectivity index (χ3v) is 6.67. The van der Waals surface area contributed by atoms with Crippen molar-refractivity contribution in [3.63, 3.8) is 0 Å².